The molecule has 0 aliphatic carbocycles. The van der Waals surface area contributed by atoms with Crippen LogP contribution >= 0.6 is 0 Å². The van der Waals surface area contributed by atoms with Crippen molar-refractivity contribution in [3.8, 4) is 0 Å². The summed E-state index contributed by atoms with van der Waals surface area (Å²) in [6.07, 6.45) is 2.42. The van der Waals surface area contributed by atoms with Crippen LogP contribution in [0.15, 0.2) is 23.2 Å². The lowest BCUT2D eigenvalue weighted by Crippen LogP contribution is -2.30. The largest absolute Gasteiger partial charge is 0.381 e. The molecule has 0 aromatic carbocycles. The second-order valence-electron chi connectivity index (χ2n) is 4.23. The van der Waals surface area contributed by atoms with Gasteiger partial charge in [0.2, 0.25) is 10.0 Å². The van der Waals surface area contributed by atoms with Gasteiger partial charge in [-0.05, 0) is 24.5 Å². The predicted octanol–water partition coefficient (Wildman–Crippen LogP) is -0.145. The molecule has 0 amide bonds. The summed E-state index contributed by atoms with van der Waals surface area (Å²) in [6, 6.07) is 3.11. The predicted molar refractivity (Wildman–Crippen MR) is 66.2 cm³/mol. The lowest BCUT2D eigenvalue weighted by Gasteiger charge is -2.12. The first-order chi connectivity index (χ1) is 8.63. The molecule has 1 atom stereocenters. The van der Waals surface area contributed by atoms with Crippen LogP contribution < -0.4 is 10.5 Å². The third kappa shape index (κ3) is 3.05. The summed E-state index contributed by atoms with van der Waals surface area (Å²) in [5.41, 5.74) is 5.87. The van der Waals surface area contributed by atoms with Gasteiger partial charge in [-0.2, -0.15) is 0 Å². The first-order valence-corrected chi connectivity index (χ1v) is 7.33. The van der Waals surface area contributed by atoms with Crippen molar-refractivity contribution in [2.75, 3.05) is 19.8 Å². The number of nitrogens with one attached hydrogen (secondary N) is 1. The monoisotopic (exact) mass is 271 g/mol. The smallest absolute Gasteiger partial charge is 0.242 e. The summed E-state index contributed by atoms with van der Waals surface area (Å²) in [7, 11) is -3.54. The van der Waals surface area contributed by atoms with Crippen molar-refractivity contribution in [1.29, 1.82) is 0 Å². The second kappa shape index (κ2) is 5.75. The highest BCUT2D eigenvalue weighted by Gasteiger charge is 2.22. The third-order valence-corrected chi connectivity index (χ3v) is 4.41. The zero-order chi connectivity index (χ0) is 13.0. The minimum atomic E-state index is -3.54. The zero-order valence-corrected chi connectivity index (χ0v) is 10.8. The molecule has 2 heterocycles. The summed E-state index contributed by atoms with van der Waals surface area (Å²) < 4.78 is 32.0. The maximum atomic E-state index is 12.1. The van der Waals surface area contributed by atoms with Gasteiger partial charge in [0.05, 0.1) is 12.3 Å². The Morgan fingerprint density at radius 2 is 2.39 bits per heavy atom. The first kappa shape index (κ1) is 13.4. The molecule has 6 nitrogen and oxygen atoms in total. The Bertz CT molecular complexity index is 498. The van der Waals surface area contributed by atoms with E-state index in [4.69, 9.17) is 10.5 Å². The Balaban J connectivity index is 2.09. The van der Waals surface area contributed by atoms with E-state index < -0.39 is 10.0 Å². The van der Waals surface area contributed by atoms with Crippen LogP contribution in [0.5, 0.6) is 0 Å². The molecule has 1 fully saturated rings. The van der Waals surface area contributed by atoms with Gasteiger partial charge in [-0.25, -0.2) is 13.1 Å². The fourth-order valence-corrected chi connectivity index (χ4v) is 3.19. The average Bonchev–Trinajstić information content (AvgIpc) is 2.89. The lowest BCUT2D eigenvalue weighted by atomic mass is 10.1. The van der Waals surface area contributed by atoms with Crippen LogP contribution in [0.2, 0.25) is 0 Å². The molecule has 1 aliphatic rings. The highest BCUT2D eigenvalue weighted by molar-refractivity contribution is 7.89. The highest BCUT2D eigenvalue weighted by atomic mass is 32.2. The van der Waals surface area contributed by atoms with Crippen molar-refractivity contribution >= 4 is 10.0 Å². The van der Waals surface area contributed by atoms with Gasteiger partial charge in [0.1, 0.15) is 4.90 Å². The molecule has 3 N–H and O–H groups in total. The van der Waals surface area contributed by atoms with Crippen LogP contribution in [0, 0.1) is 5.92 Å². The van der Waals surface area contributed by atoms with Crippen LogP contribution in [0.25, 0.3) is 0 Å². The number of pyridine rings is 1. The van der Waals surface area contributed by atoms with Crippen molar-refractivity contribution in [1.82, 2.24) is 9.71 Å². The molecule has 7 heteroatoms. The lowest BCUT2D eigenvalue weighted by molar-refractivity contribution is 0.186. The zero-order valence-electron chi connectivity index (χ0n) is 10.0. The van der Waals surface area contributed by atoms with Gasteiger partial charge < -0.3 is 10.5 Å². The van der Waals surface area contributed by atoms with Crippen LogP contribution in [0.1, 0.15) is 12.1 Å². The van der Waals surface area contributed by atoms with E-state index in [1.165, 1.54) is 12.3 Å². The molecule has 1 unspecified atom stereocenters. The molecular formula is C11H17N3O3S. The number of hydrogen-bond donors (Lipinski definition) is 2. The molecule has 100 valence electrons. The molecule has 1 aromatic rings. The van der Waals surface area contributed by atoms with Crippen molar-refractivity contribution in [2.24, 2.45) is 11.7 Å². The molecular weight excluding hydrogens is 254 g/mol. The quantitative estimate of drug-likeness (QED) is 0.777. The van der Waals surface area contributed by atoms with E-state index in [2.05, 4.69) is 9.71 Å². The Morgan fingerprint density at radius 3 is 3.06 bits per heavy atom. The molecule has 1 saturated heterocycles. The summed E-state index contributed by atoms with van der Waals surface area (Å²) in [5, 5.41) is 0. The number of hydrogen-bond acceptors (Lipinski definition) is 5. The van der Waals surface area contributed by atoms with Gasteiger partial charge in [-0.3, -0.25) is 4.98 Å². The fraction of sp³-hybridized carbons (Fsp3) is 0.545. The molecule has 0 spiro atoms. The average molecular weight is 271 g/mol. The van der Waals surface area contributed by atoms with E-state index in [1.54, 1.807) is 6.07 Å². The van der Waals surface area contributed by atoms with E-state index in [0.717, 1.165) is 6.42 Å². The summed E-state index contributed by atoms with van der Waals surface area (Å²) in [5.74, 6) is 0.248. The SMILES string of the molecule is NCc1ncccc1S(=O)(=O)NCC1CCOC1. The molecule has 1 aromatic heterocycles. The third-order valence-electron chi connectivity index (χ3n) is 2.92. The number of sulfonamides is 1. The number of nitrogens with two attached hydrogens (primary N) is 1. The van der Waals surface area contributed by atoms with E-state index in [9.17, 15) is 8.42 Å². The Labute approximate surface area is 107 Å². The van der Waals surface area contributed by atoms with Crippen molar-refractivity contribution in [2.45, 2.75) is 17.9 Å². The normalized spacial score (nSPS) is 20.2. The Kier molecular flexibility index (Phi) is 4.28. The van der Waals surface area contributed by atoms with Crippen molar-refractivity contribution in [3.05, 3.63) is 24.0 Å². The Morgan fingerprint density at radius 1 is 1.56 bits per heavy atom. The summed E-state index contributed by atoms with van der Waals surface area (Å²) >= 11 is 0. The van der Waals surface area contributed by atoms with Crippen molar-refractivity contribution < 1.29 is 13.2 Å². The van der Waals surface area contributed by atoms with E-state index in [-0.39, 0.29) is 17.4 Å². The van der Waals surface area contributed by atoms with Gasteiger partial charge in [-0.1, -0.05) is 0 Å². The minimum absolute atomic E-state index is 0.101. The van der Waals surface area contributed by atoms with Gasteiger partial charge in [0.15, 0.2) is 0 Å². The van der Waals surface area contributed by atoms with Gasteiger partial charge >= 0.3 is 0 Å². The van der Waals surface area contributed by atoms with Gasteiger partial charge in [0.25, 0.3) is 0 Å². The van der Waals surface area contributed by atoms with Gasteiger partial charge in [0, 0.05) is 25.9 Å². The van der Waals surface area contributed by atoms with Gasteiger partial charge in [-0.15, -0.1) is 0 Å². The van der Waals surface area contributed by atoms with Crippen LogP contribution in [-0.2, 0) is 21.3 Å². The second-order valence-corrected chi connectivity index (χ2v) is 5.97. The number of ether oxygens (including phenoxy) is 1. The van der Waals surface area contributed by atoms with Crippen LogP contribution in [0.4, 0.5) is 0 Å². The molecule has 18 heavy (non-hydrogen) atoms. The van der Waals surface area contributed by atoms with Crippen molar-refractivity contribution in [3.63, 3.8) is 0 Å². The van der Waals surface area contributed by atoms with Crippen LogP contribution in [0.3, 0.4) is 0 Å². The standard InChI is InChI=1S/C11H17N3O3S/c12-6-10-11(2-1-4-13-10)18(15,16)14-7-9-3-5-17-8-9/h1-2,4,9,14H,3,5-8,12H2. The summed E-state index contributed by atoms with van der Waals surface area (Å²) in [4.78, 5) is 4.13. The Hall–Kier alpha value is -1.02. The number of rotatable bonds is 5. The van der Waals surface area contributed by atoms with E-state index in [0.29, 0.717) is 25.5 Å². The van der Waals surface area contributed by atoms with E-state index >= 15 is 0 Å². The highest BCUT2D eigenvalue weighted by Crippen LogP contribution is 2.15. The molecule has 2 rings (SSSR count). The fourth-order valence-electron chi connectivity index (χ4n) is 1.87. The number of nitrogens with zero attached hydrogens (tertiary/aromatic N) is 1. The maximum Gasteiger partial charge on any atom is 0.242 e. The number of aromatic nitrogens is 1. The summed E-state index contributed by atoms with van der Waals surface area (Å²) in [6.45, 7) is 1.80. The first-order valence-electron chi connectivity index (χ1n) is 5.85. The van der Waals surface area contributed by atoms with E-state index in [1.807, 2.05) is 0 Å². The maximum absolute atomic E-state index is 12.1. The topological polar surface area (TPSA) is 94.3 Å². The van der Waals surface area contributed by atoms with Crippen LogP contribution in [-0.4, -0.2) is 33.2 Å². The molecule has 0 saturated carbocycles. The molecule has 0 bridgehead atoms. The minimum Gasteiger partial charge on any atom is -0.381 e. The molecule has 0 radical (unpaired) electrons. The molecule has 1 aliphatic heterocycles.